The number of alkyl halides is 2. The predicted octanol–water partition coefficient (Wildman–Crippen LogP) is 1.04. The monoisotopic (exact) mass is 276 g/mol. The molecule has 0 aromatic rings. The van der Waals surface area contributed by atoms with Crippen molar-refractivity contribution < 1.29 is 18.7 Å². The second kappa shape index (κ2) is 6.13. The summed E-state index contributed by atoms with van der Waals surface area (Å²) in [5.74, 6) is -3.01. The molecule has 1 amide bonds. The first-order valence-corrected chi connectivity index (χ1v) is 7.05. The third kappa shape index (κ3) is 4.11. The molecule has 3 N–H and O–H groups in total. The number of halogens is 2. The lowest BCUT2D eigenvalue weighted by atomic mass is 9.85. The highest BCUT2D eigenvalue weighted by Crippen LogP contribution is 2.27. The summed E-state index contributed by atoms with van der Waals surface area (Å²) in [6, 6.07) is -0.839. The zero-order valence-corrected chi connectivity index (χ0v) is 11.0. The Kier molecular flexibility index (Phi) is 4.73. The number of amides is 1. The van der Waals surface area contributed by atoms with E-state index in [1.165, 1.54) is 6.42 Å². The lowest BCUT2D eigenvalue weighted by Gasteiger charge is -2.27. The van der Waals surface area contributed by atoms with Gasteiger partial charge < -0.3 is 10.4 Å². The Balaban J connectivity index is 1.71. The lowest BCUT2D eigenvalue weighted by molar-refractivity contribution is -0.124. The average molecular weight is 276 g/mol. The minimum atomic E-state index is -2.80. The maximum Gasteiger partial charge on any atom is 0.262 e. The smallest absolute Gasteiger partial charge is 0.262 e. The standard InChI is InChI=1S/C13H22F2N2O2/c14-13(15)6-10(17-8-13)12(19)16-7-11(18)9-4-2-1-3-5-9/h9-11,17-18H,1-8H2,(H,16,19). The molecule has 2 unspecified atom stereocenters. The molecule has 2 aliphatic rings. The van der Waals surface area contributed by atoms with Gasteiger partial charge in [0.2, 0.25) is 5.91 Å². The molecule has 1 heterocycles. The Bertz CT molecular complexity index is 320. The summed E-state index contributed by atoms with van der Waals surface area (Å²) in [7, 11) is 0. The van der Waals surface area contributed by atoms with Gasteiger partial charge in [0.05, 0.1) is 18.7 Å². The van der Waals surface area contributed by atoms with Crippen LogP contribution >= 0.6 is 0 Å². The number of aliphatic hydroxyl groups is 1. The average Bonchev–Trinajstić information content (AvgIpc) is 2.77. The van der Waals surface area contributed by atoms with E-state index in [2.05, 4.69) is 10.6 Å². The maximum atomic E-state index is 13.0. The normalized spacial score (nSPS) is 29.1. The van der Waals surface area contributed by atoms with Gasteiger partial charge in [0, 0.05) is 13.0 Å². The molecule has 0 aromatic heterocycles. The number of carbonyl (C=O) groups excluding carboxylic acids is 1. The summed E-state index contributed by atoms with van der Waals surface area (Å²) in [4.78, 5) is 11.7. The minimum Gasteiger partial charge on any atom is -0.391 e. The Labute approximate surface area is 111 Å². The Morgan fingerprint density at radius 2 is 2.05 bits per heavy atom. The minimum absolute atomic E-state index is 0.160. The molecule has 2 fully saturated rings. The first-order valence-electron chi connectivity index (χ1n) is 7.05. The van der Waals surface area contributed by atoms with Crippen LogP contribution in [0.15, 0.2) is 0 Å². The van der Waals surface area contributed by atoms with E-state index < -0.39 is 36.9 Å². The second-order valence-corrected chi connectivity index (χ2v) is 5.70. The molecule has 1 saturated carbocycles. The van der Waals surface area contributed by atoms with Gasteiger partial charge in [0.15, 0.2) is 0 Å². The summed E-state index contributed by atoms with van der Waals surface area (Å²) in [5.41, 5.74) is 0. The molecule has 1 saturated heterocycles. The van der Waals surface area contributed by atoms with Crippen LogP contribution in [0, 0.1) is 5.92 Å². The van der Waals surface area contributed by atoms with E-state index in [0.717, 1.165) is 25.7 Å². The van der Waals surface area contributed by atoms with Crippen molar-refractivity contribution in [1.82, 2.24) is 10.6 Å². The molecule has 19 heavy (non-hydrogen) atoms. The van der Waals surface area contributed by atoms with Crippen LogP contribution in [0.3, 0.4) is 0 Å². The number of rotatable bonds is 4. The Morgan fingerprint density at radius 1 is 1.37 bits per heavy atom. The molecule has 2 atom stereocenters. The fraction of sp³-hybridized carbons (Fsp3) is 0.923. The van der Waals surface area contributed by atoms with Crippen LogP contribution in [-0.4, -0.2) is 42.2 Å². The molecular weight excluding hydrogens is 254 g/mol. The van der Waals surface area contributed by atoms with E-state index >= 15 is 0 Å². The molecule has 110 valence electrons. The van der Waals surface area contributed by atoms with Crippen LogP contribution in [0.2, 0.25) is 0 Å². The van der Waals surface area contributed by atoms with Crippen LogP contribution in [0.1, 0.15) is 38.5 Å². The van der Waals surface area contributed by atoms with Crippen molar-refractivity contribution in [1.29, 1.82) is 0 Å². The zero-order valence-electron chi connectivity index (χ0n) is 11.0. The molecule has 1 aliphatic carbocycles. The van der Waals surface area contributed by atoms with Crippen LogP contribution in [0.4, 0.5) is 8.78 Å². The van der Waals surface area contributed by atoms with Crippen molar-refractivity contribution >= 4 is 5.91 Å². The molecule has 0 radical (unpaired) electrons. The van der Waals surface area contributed by atoms with E-state index in [1.54, 1.807) is 0 Å². The zero-order chi connectivity index (χ0) is 13.9. The fourth-order valence-electron chi connectivity index (χ4n) is 2.91. The van der Waals surface area contributed by atoms with Crippen molar-refractivity contribution in [2.45, 2.75) is 56.6 Å². The van der Waals surface area contributed by atoms with E-state index in [9.17, 15) is 18.7 Å². The maximum absolute atomic E-state index is 13.0. The number of nitrogens with one attached hydrogen (secondary N) is 2. The number of carbonyl (C=O) groups is 1. The third-order valence-corrected chi connectivity index (χ3v) is 4.11. The first kappa shape index (κ1) is 14.7. The van der Waals surface area contributed by atoms with Gasteiger partial charge in [-0.3, -0.25) is 10.1 Å². The topological polar surface area (TPSA) is 61.4 Å². The molecule has 0 aromatic carbocycles. The molecule has 0 spiro atoms. The molecule has 6 heteroatoms. The molecule has 1 aliphatic heterocycles. The van der Waals surface area contributed by atoms with Gasteiger partial charge in [0.25, 0.3) is 5.92 Å². The van der Waals surface area contributed by atoms with Crippen molar-refractivity contribution in [2.24, 2.45) is 5.92 Å². The van der Waals surface area contributed by atoms with Gasteiger partial charge in [-0.15, -0.1) is 0 Å². The summed E-state index contributed by atoms with van der Waals surface area (Å²) in [6.07, 6.45) is 4.38. The third-order valence-electron chi connectivity index (χ3n) is 4.11. The van der Waals surface area contributed by atoms with E-state index in [4.69, 9.17) is 0 Å². The molecule has 4 nitrogen and oxygen atoms in total. The summed E-state index contributed by atoms with van der Waals surface area (Å²) in [6.45, 7) is -0.288. The first-order chi connectivity index (χ1) is 8.98. The van der Waals surface area contributed by atoms with Crippen molar-refractivity contribution in [3.8, 4) is 0 Å². The van der Waals surface area contributed by atoms with Gasteiger partial charge in [-0.05, 0) is 18.8 Å². The van der Waals surface area contributed by atoms with Crippen molar-refractivity contribution in [3.63, 3.8) is 0 Å². The number of hydrogen-bond acceptors (Lipinski definition) is 3. The second-order valence-electron chi connectivity index (χ2n) is 5.70. The van der Waals surface area contributed by atoms with E-state index in [-0.39, 0.29) is 12.5 Å². The Morgan fingerprint density at radius 3 is 2.63 bits per heavy atom. The van der Waals surface area contributed by atoms with Crippen LogP contribution < -0.4 is 10.6 Å². The highest BCUT2D eigenvalue weighted by Gasteiger charge is 2.42. The highest BCUT2D eigenvalue weighted by atomic mass is 19.3. The van der Waals surface area contributed by atoms with E-state index in [1.807, 2.05) is 0 Å². The van der Waals surface area contributed by atoms with Crippen LogP contribution in [-0.2, 0) is 4.79 Å². The predicted molar refractivity (Wildman–Crippen MR) is 66.9 cm³/mol. The highest BCUT2D eigenvalue weighted by molar-refractivity contribution is 5.82. The molecule has 0 bridgehead atoms. The van der Waals surface area contributed by atoms with Crippen LogP contribution in [0.5, 0.6) is 0 Å². The van der Waals surface area contributed by atoms with Gasteiger partial charge in [-0.25, -0.2) is 8.78 Å². The van der Waals surface area contributed by atoms with Gasteiger partial charge in [0.1, 0.15) is 0 Å². The summed E-state index contributed by atoms with van der Waals surface area (Å²) in [5, 5.41) is 15.1. The summed E-state index contributed by atoms with van der Waals surface area (Å²) >= 11 is 0. The van der Waals surface area contributed by atoms with Gasteiger partial charge >= 0.3 is 0 Å². The van der Waals surface area contributed by atoms with Crippen molar-refractivity contribution in [2.75, 3.05) is 13.1 Å². The largest absolute Gasteiger partial charge is 0.391 e. The van der Waals surface area contributed by atoms with Gasteiger partial charge in [-0.1, -0.05) is 19.3 Å². The Hall–Kier alpha value is -0.750. The molecule has 2 rings (SSSR count). The summed E-state index contributed by atoms with van der Waals surface area (Å²) < 4.78 is 25.9. The number of hydrogen-bond donors (Lipinski definition) is 3. The molecular formula is C13H22F2N2O2. The fourth-order valence-corrected chi connectivity index (χ4v) is 2.91. The van der Waals surface area contributed by atoms with Crippen molar-refractivity contribution in [3.05, 3.63) is 0 Å². The van der Waals surface area contributed by atoms with Crippen LogP contribution in [0.25, 0.3) is 0 Å². The SMILES string of the molecule is O=C(NCC(O)C1CCCCC1)C1CC(F)(F)CN1. The lowest BCUT2D eigenvalue weighted by Crippen LogP contribution is -2.44. The quantitative estimate of drug-likeness (QED) is 0.719. The van der Waals surface area contributed by atoms with Gasteiger partial charge in [-0.2, -0.15) is 0 Å². The van der Waals surface area contributed by atoms with E-state index in [0.29, 0.717) is 0 Å². The number of aliphatic hydroxyl groups excluding tert-OH is 1.